The van der Waals surface area contributed by atoms with Gasteiger partial charge in [-0.2, -0.15) is 27.9 Å². The fraction of sp³-hybridized carbons (Fsp3) is 0.556. The quantitative estimate of drug-likeness (QED) is 0.267. The van der Waals surface area contributed by atoms with Crippen molar-refractivity contribution in [2.75, 3.05) is 75.0 Å². The number of thiol groups is 1. The number of likely N-dealkylation sites (tertiary alicyclic amines) is 1. The standard InChI is InChI=1S/C33H41ClF2N6O3.C2H3N.CH4S/c1-32(2,3)45-31(43)41-18-16-40(17-19-41)29-24-10-13-42(27-9-5-7-23-6-4-8-25(34)28(23)27)22-26(24)37-30(38-29)44-21-20-39-14-11-33(35,36)12-15-39;1-2-3;1-2/h4-9H,10-22H2,1-3H3;1H3;2H,1H3. The molecular weight excluding hydrogens is 684 g/mol. The van der Waals surface area contributed by atoms with Crippen LogP contribution in [0.3, 0.4) is 0 Å². The van der Waals surface area contributed by atoms with Gasteiger partial charge in [-0.1, -0.05) is 35.9 Å². The summed E-state index contributed by atoms with van der Waals surface area (Å²) in [5.41, 5.74) is 2.47. The predicted molar refractivity (Wildman–Crippen MR) is 198 cm³/mol. The Morgan fingerprint density at radius 1 is 1.00 bits per heavy atom. The molecule has 10 nitrogen and oxygen atoms in total. The van der Waals surface area contributed by atoms with Crippen LogP contribution in [-0.2, 0) is 17.7 Å². The van der Waals surface area contributed by atoms with Crippen LogP contribution in [-0.4, -0.2) is 103 Å². The number of carbonyl (C=O) groups is 1. The van der Waals surface area contributed by atoms with Crippen molar-refractivity contribution in [2.45, 2.75) is 65.0 Å². The molecule has 2 saturated heterocycles. The van der Waals surface area contributed by atoms with Gasteiger partial charge in [0.1, 0.15) is 18.0 Å². The molecule has 0 atom stereocenters. The van der Waals surface area contributed by atoms with E-state index in [1.807, 2.05) is 43.9 Å². The van der Waals surface area contributed by atoms with Crippen LogP contribution in [0.2, 0.25) is 5.02 Å². The molecule has 0 spiro atoms. The summed E-state index contributed by atoms with van der Waals surface area (Å²) in [5, 5.41) is 10.1. The lowest BCUT2D eigenvalue weighted by atomic mass is 10.0. The van der Waals surface area contributed by atoms with Gasteiger partial charge in [0.25, 0.3) is 5.92 Å². The lowest BCUT2D eigenvalue weighted by Crippen LogP contribution is -2.50. The maximum Gasteiger partial charge on any atom is 0.410 e. The van der Waals surface area contributed by atoms with E-state index in [2.05, 4.69) is 40.6 Å². The third-order valence-corrected chi connectivity index (χ3v) is 8.97. The number of nitriles is 1. The maximum atomic E-state index is 13.6. The number of ether oxygens (including phenoxy) is 2. The summed E-state index contributed by atoms with van der Waals surface area (Å²) in [5.74, 6) is -1.76. The Kier molecular flexibility index (Phi) is 13.8. The topological polar surface area (TPSA) is 98.1 Å². The number of aromatic nitrogens is 2. The summed E-state index contributed by atoms with van der Waals surface area (Å²) in [6, 6.07) is 14.2. The first kappa shape index (κ1) is 39.2. The molecule has 3 aromatic rings. The maximum absolute atomic E-state index is 13.6. The Balaban J connectivity index is 0.00000107. The van der Waals surface area contributed by atoms with Gasteiger partial charge in [-0.25, -0.2) is 13.6 Å². The average Bonchev–Trinajstić information content (AvgIpc) is 3.09. The van der Waals surface area contributed by atoms with E-state index in [-0.39, 0.29) is 24.9 Å². The third kappa shape index (κ3) is 10.2. The molecule has 0 N–H and O–H groups in total. The zero-order valence-electron chi connectivity index (χ0n) is 29.6. The SMILES string of the molecule is CC#N.CC(C)(C)OC(=O)N1CCN(c2nc(OCCN3CCC(F)(F)CC3)nc3c2CCN(c2cccc4cccc(Cl)c24)C3)CC1.CS. The fourth-order valence-electron chi connectivity index (χ4n) is 6.26. The lowest BCUT2D eigenvalue weighted by Gasteiger charge is -2.38. The van der Waals surface area contributed by atoms with Crippen molar-refractivity contribution in [2.24, 2.45) is 0 Å². The lowest BCUT2D eigenvalue weighted by molar-refractivity contribution is -0.0565. The number of piperazine rings is 1. The minimum Gasteiger partial charge on any atom is -0.462 e. The number of nitrogens with zero attached hydrogens (tertiary/aromatic N) is 7. The van der Waals surface area contributed by atoms with Crippen molar-refractivity contribution in [3.63, 3.8) is 0 Å². The minimum atomic E-state index is -2.58. The second-order valence-corrected chi connectivity index (χ2v) is 13.7. The zero-order valence-corrected chi connectivity index (χ0v) is 31.2. The molecule has 3 aliphatic heterocycles. The van der Waals surface area contributed by atoms with Crippen molar-refractivity contribution in [3.05, 3.63) is 52.7 Å². The molecule has 6 rings (SSSR count). The number of hydrogen-bond acceptors (Lipinski definition) is 10. The molecule has 4 heterocycles. The summed E-state index contributed by atoms with van der Waals surface area (Å²) in [6.45, 7) is 12.1. The number of amides is 1. The van der Waals surface area contributed by atoms with E-state index in [4.69, 9.17) is 36.3 Å². The molecule has 0 bridgehead atoms. The van der Waals surface area contributed by atoms with Gasteiger partial charge in [0, 0.05) is 88.8 Å². The molecule has 272 valence electrons. The Hall–Kier alpha value is -3.60. The third-order valence-electron chi connectivity index (χ3n) is 8.65. The highest BCUT2D eigenvalue weighted by Crippen LogP contribution is 2.37. The summed E-state index contributed by atoms with van der Waals surface area (Å²) in [7, 11) is 0. The zero-order chi connectivity index (χ0) is 36.5. The van der Waals surface area contributed by atoms with E-state index in [0.29, 0.717) is 64.0 Å². The molecule has 0 radical (unpaired) electrons. The number of carbonyl (C=O) groups excluding carboxylic acids is 1. The Bertz CT molecular complexity index is 1630. The molecule has 3 aliphatic rings. The monoisotopic (exact) mass is 731 g/mol. The molecular formula is C36H48ClF2N7O3S. The summed E-state index contributed by atoms with van der Waals surface area (Å²) < 4.78 is 38.9. The number of piperidine rings is 1. The van der Waals surface area contributed by atoms with E-state index < -0.39 is 11.5 Å². The van der Waals surface area contributed by atoms with Crippen LogP contribution in [0, 0.1) is 11.3 Å². The van der Waals surface area contributed by atoms with Gasteiger partial charge in [0.15, 0.2) is 0 Å². The van der Waals surface area contributed by atoms with E-state index >= 15 is 0 Å². The fourth-order valence-corrected chi connectivity index (χ4v) is 6.54. The first-order valence-electron chi connectivity index (χ1n) is 16.9. The van der Waals surface area contributed by atoms with Crippen LogP contribution in [0.25, 0.3) is 10.8 Å². The smallest absolute Gasteiger partial charge is 0.410 e. The van der Waals surface area contributed by atoms with Gasteiger partial charge in [-0.15, -0.1) is 0 Å². The van der Waals surface area contributed by atoms with Gasteiger partial charge in [-0.05, 0) is 51.0 Å². The number of fused-ring (bicyclic) bond motifs is 2. The van der Waals surface area contributed by atoms with Crippen molar-refractivity contribution >= 4 is 52.6 Å². The second-order valence-electron chi connectivity index (χ2n) is 13.3. The number of alkyl halides is 2. The van der Waals surface area contributed by atoms with Crippen LogP contribution >= 0.6 is 24.2 Å². The molecule has 0 aliphatic carbocycles. The van der Waals surface area contributed by atoms with Crippen LogP contribution in [0.5, 0.6) is 6.01 Å². The number of benzene rings is 2. The van der Waals surface area contributed by atoms with E-state index in [1.165, 1.54) is 6.92 Å². The molecule has 1 amide bonds. The van der Waals surface area contributed by atoms with Crippen LogP contribution in [0.15, 0.2) is 36.4 Å². The first-order chi connectivity index (χ1) is 23.9. The van der Waals surface area contributed by atoms with Crippen molar-refractivity contribution in [1.82, 2.24) is 19.8 Å². The highest BCUT2D eigenvalue weighted by Gasteiger charge is 2.34. The Morgan fingerprint density at radius 3 is 2.28 bits per heavy atom. The molecule has 14 heteroatoms. The summed E-state index contributed by atoms with van der Waals surface area (Å²) >= 11 is 10.2. The van der Waals surface area contributed by atoms with Gasteiger partial charge in [0.2, 0.25) is 0 Å². The van der Waals surface area contributed by atoms with Crippen LogP contribution in [0.4, 0.5) is 25.1 Å². The number of hydrogen-bond donors (Lipinski definition) is 1. The van der Waals surface area contributed by atoms with Crippen LogP contribution < -0.4 is 14.5 Å². The molecule has 2 fully saturated rings. The highest BCUT2D eigenvalue weighted by atomic mass is 35.5. The molecule has 50 heavy (non-hydrogen) atoms. The van der Waals surface area contributed by atoms with Gasteiger partial charge >= 0.3 is 12.1 Å². The van der Waals surface area contributed by atoms with Gasteiger partial charge < -0.3 is 24.2 Å². The second kappa shape index (κ2) is 17.6. The van der Waals surface area contributed by atoms with Crippen LogP contribution in [0.1, 0.15) is 51.8 Å². The average molecular weight is 732 g/mol. The number of rotatable bonds is 6. The summed E-state index contributed by atoms with van der Waals surface area (Å²) in [4.78, 5) is 30.7. The first-order valence-corrected chi connectivity index (χ1v) is 18.2. The van der Waals surface area contributed by atoms with Gasteiger partial charge in [-0.3, -0.25) is 4.90 Å². The molecule has 1 aromatic heterocycles. The van der Waals surface area contributed by atoms with Gasteiger partial charge in [0.05, 0.1) is 23.3 Å². The van der Waals surface area contributed by atoms with Crippen molar-refractivity contribution < 1.29 is 23.0 Å². The molecule has 0 unspecified atom stereocenters. The van der Waals surface area contributed by atoms with Crippen molar-refractivity contribution in [1.29, 1.82) is 5.26 Å². The highest BCUT2D eigenvalue weighted by molar-refractivity contribution is 7.79. The molecule has 2 aromatic carbocycles. The Morgan fingerprint density at radius 2 is 1.64 bits per heavy atom. The predicted octanol–water partition coefficient (Wildman–Crippen LogP) is 7.09. The van der Waals surface area contributed by atoms with E-state index in [1.54, 1.807) is 17.2 Å². The van der Waals surface area contributed by atoms with E-state index in [0.717, 1.165) is 46.5 Å². The molecule has 0 saturated carbocycles. The number of anilines is 2. The Labute approximate surface area is 304 Å². The summed E-state index contributed by atoms with van der Waals surface area (Å²) in [6.07, 6.45) is 1.86. The normalized spacial score (nSPS) is 17.4. The van der Waals surface area contributed by atoms with E-state index in [9.17, 15) is 13.6 Å². The van der Waals surface area contributed by atoms with Crippen molar-refractivity contribution in [3.8, 4) is 12.1 Å². The number of halogens is 3. The largest absolute Gasteiger partial charge is 0.462 e. The minimum absolute atomic E-state index is 0.129.